The number of nitrogens with one attached hydrogen (secondary N) is 1. The normalized spacial score (nSPS) is 17.3. The van der Waals surface area contributed by atoms with Gasteiger partial charge in [-0.3, -0.25) is 4.79 Å². The number of nitrogen functional groups attached to an aromatic ring is 1. The first-order valence-electron chi connectivity index (χ1n) is 7.40. The van der Waals surface area contributed by atoms with E-state index in [1.165, 1.54) is 16.9 Å². The zero-order valence-corrected chi connectivity index (χ0v) is 13.0. The maximum absolute atomic E-state index is 12.5. The van der Waals surface area contributed by atoms with E-state index >= 15 is 0 Å². The van der Waals surface area contributed by atoms with E-state index in [2.05, 4.69) is 12.2 Å². The number of fused-ring (bicyclic) bond motifs is 1. The zero-order chi connectivity index (χ0) is 14.8. The van der Waals surface area contributed by atoms with Crippen LogP contribution in [-0.4, -0.2) is 5.91 Å². The van der Waals surface area contributed by atoms with Gasteiger partial charge in [0.25, 0.3) is 5.91 Å². The Labute approximate surface area is 129 Å². The lowest BCUT2D eigenvalue weighted by Crippen LogP contribution is -2.25. The van der Waals surface area contributed by atoms with Gasteiger partial charge in [-0.1, -0.05) is 37.3 Å². The van der Waals surface area contributed by atoms with Crippen molar-refractivity contribution in [2.24, 2.45) is 0 Å². The van der Waals surface area contributed by atoms with Gasteiger partial charge in [0.05, 0.1) is 10.6 Å². The molecule has 1 amide bonds. The topological polar surface area (TPSA) is 55.1 Å². The first-order chi connectivity index (χ1) is 10.2. The number of rotatable bonds is 3. The summed E-state index contributed by atoms with van der Waals surface area (Å²) in [7, 11) is 0. The molecule has 1 aliphatic carbocycles. The van der Waals surface area contributed by atoms with Crippen molar-refractivity contribution in [2.75, 3.05) is 5.73 Å². The van der Waals surface area contributed by atoms with Gasteiger partial charge in [-0.2, -0.15) is 0 Å². The van der Waals surface area contributed by atoms with Crippen molar-refractivity contribution in [3.8, 4) is 0 Å². The molecule has 4 heteroatoms. The lowest BCUT2D eigenvalue weighted by Gasteiger charge is -2.20. The lowest BCUT2D eigenvalue weighted by molar-refractivity contribution is 0.0950. The van der Waals surface area contributed by atoms with Crippen LogP contribution >= 0.6 is 11.3 Å². The number of hydrogen-bond donors (Lipinski definition) is 2. The van der Waals surface area contributed by atoms with Crippen molar-refractivity contribution >= 4 is 22.2 Å². The lowest BCUT2D eigenvalue weighted by atomic mass is 9.86. The number of carbonyl (C=O) groups is 1. The van der Waals surface area contributed by atoms with Gasteiger partial charge >= 0.3 is 0 Å². The number of thiophene rings is 1. The first-order valence-corrected chi connectivity index (χ1v) is 8.21. The van der Waals surface area contributed by atoms with Crippen LogP contribution in [0.25, 0.3) is 0 Å². The third-order valence-corrected chi connectivity index (χ3v) is 5.20. The molecule has 21 heavy (non-hydrogen) atoms. The highest BCUT2D eigenvalue weighted by Crippen LogP contribution is 2.41. The molecule has 0 fully saturated rings. The third-order valence-electron chi connectivity index (χ3n) is 4.11. The molecule has 3 N–H and O–H groups in total. The number of aryl methyl sites for hydroxylation is 1. The van der Waals surface area contributed by atoms with Crippen molar-refractivity contribution in [2.45, 2.75) is 38.6 Å². The predicted molar refractivity (Wildman–Crippen MR) is 87.7 cm³/mol. The quantitative estimate of drug-likeness (QED) is 0.908. The van der Waals surface area contributed by atoms with Gasteiger partial charge in [0.15, 0.2) is 0 Å². The molecule has 3 nitrogen and oxygen atoms in total. The number of nitrogens with two attached hydrogens (primary N) is 1. The molecule has 0 radical (unpaired) electrons. The number of benzene rings is 1. The molecule has 2 aromatic rings. The van der Waals surface area contributed by atoms with E-state index in [1.54, 1.807) is 11.3 Å². The summed E-state index contributed by atoms with van der Waals surface area (Å²) in [5.74, 6) is 0.391. The predicted octanol–water partition coefficient (Wildman–Crippen LogP) is 3.70. The van der Waals surface area contributed by atoms with Gasteiger partial charge in [-0.15, -0.1) is 11.3 Å². The number of hydrogen-bond acceptors (Lipinski definition) is 3. The Balaban J connectivity index is 1.80. The summed E-state index contributed by atoms with van der Waals surface area (Å²) in [6, 6.07) is 9.94. The van der Waals surface area contributed by atoms with Crippen LogP contribution in [0.2, 0.25) is 0 Å². The van der Waals surface area contributed by atoms with Crippen LogP contribution in [0.1, 0.15) is 52.0 Å². The van der Waals surface area contributed by atoms with E-state index in [1.807, 2.05) is 30.3 Å². The summed E-state index contributed by atoms with van der Waals surface area (Å²) in [5, 5.41) is 3.67. The minimum Gasteiger partial charge on any atom is -0.390 e. The highest BCUT2D eigenvalue weighted by Gasteiger charge is 2.28. The van der Waals surface area contributed by atoms with Crippen LogP contribution in [0.5, 0.6) is 0 Å². The molecule has 3 rings (SSSR count). The van der Waals surface area contributed by atoms with Crippen molar-refractivity contribution in [3.05, 3.63) is 51.9 Å². The smallest absolute Gasteiger partial charge is 0.254 e. The molecule has 110 valence electrons. The molecule has 0 spiro atoms. The molecule has 1 unspecified atom stereocenters. The fourth-order valence-electron chi connectivity index (χ4n) is 3.03. The molecule has 0 saturated heterocycles. The zero-order valence-electron chi connectivity index (χ0n) is 12.2. The average molecular weight is 300 g/mol. The van der Waals surface area contributed by atoms with Crippen LogP contribution in [0, 0.1) is 0 Å². The van der Waals surface area contributed by atoms with Gasteiger partial charge in [0, 0.05) is 11.4 Å². The average Bonchev–Trinajstić information content (AvgIpc) is 2.83. The molecule has 1 aromatic carbocycles. The van der Waals surface area contributed by atoms with Gasteiger partial charge in [-0.25, -0.2) is 0 Å². The second-order valence-corrected chi connectivity index (χ2v) is 6.78. The Morgan fingerprint density at radius 3 is 2.90 bits per heavy atom. The summed E-state index contributed by atoms with van der Waals surface area (Å²) >= 11 is 1.59. The van der Waals surface area contributed by atoms with Crippen LogP contribution in [0.3, 0.4) is 0 Å². The maximum Gasteiger partial charge on any atom is 0.254 e. The van der Waals surface area contributed by atoms with Crippen molar-refractivity contribution in [1.82, 2.24) is 5.32 Å². The Kier molecular flexibility index (Phi) is 3.97. The van der Waals surface area contributed by atoms with Crippen molar-refractivity contribution in [1.29, 1.82) is 0 Å². The Hall–Kier alpha value is -1.81. The molecule has 1 aliphatic rings. The fourth-order valence-corrected chi connectivity index (χ4v) is 4.26. The molecule has 1 heterocycles. The molecule has 0 saturated carbocycles. The van der Waals surface area contributed by atoms with E-state index in [-0.39, 0.29) is 5.91 Å². The van der Waals surface area contributed by atoms with Crippen LogP contribution < -0.4 is 11.1 Å². The number of amides is 1. The van der Waals surface area contributed by atoms with Crippen molar-refractivity contribution in [3.63, 3.8) is 0 Å². The van der Waals surface area contributed by atoms with Gasteiger partial charge in [0.2, 0.25) is 0 Å². The Morgan fingerprint density at radius 2 is 2.14 bits per heavy atom. The Morgan fingerprint density at radius 1 is 1.38 bits per heavy atom. The van der Waals surface area contributed by atoms with E-state index < -0.39 is 0 Å². The Bertz CT molecular complexity index is 648. The van der Waals surface area contributed by atoms with Crippen LogP contribution in [0.15, 0.2) is 30.3 Å². The highest BCUT2D eigenvalue weighted by molar-refractivity contribution is 7.16. The maximum atomic E-state index is 12.5. The van der Waals surface area contributed by atoms with E-state index in [0.717, 1.165) is 24.0 Å². The summed E-state index contributed by atoms with van der Waals surface area (Å²) < 4.78 is 0. The summed E-state index contributed by atoms with van der Waals surface area (Å²) in [6.07, 6.45) is 3.39. The SMILES string of the molecule is CC1CCCc2sc(N)c(C(=O)NCc3ccccc3)c21. The molecular weight excluding hydrogens is 280 g/mol. The standard InChI is InChI=1S/C17H20N2OS/c1-11-6-5-9-13-14(11)15(16(18)21-13)17(20)19-10-12-7-3-2-4-8-12/h2-4,7-8,11H,5-6,9-10,18H2,1H3,(H,19,20). The van der Waals surface area contributed by atoms with Gasteiger partial charge < -0.3 is 11.1 Å². The summed E-state index contributed by atoms with van der Waals surface area (Å²) in [6.45, 7) is 2.73. The summed E-state index contributed by atoms with van der Waals surface area (Å²) in [4.78, 5) is 13.8. The molecule has 1 aromatic heterocycles. The molecular formula is C17H20N2OS. The minimum absolute atomic E-state index is 0.0393. The third kappa shape index (κ3) is 2.81. The largest absolute Gasteiger partial charge is 0.390 e. The van der Waals surface area contributed by atoms with E-state index in [0.29, 0.717) is 17.5 Å². The first kappa shape index (κ1) is 14.1. The minimum atomic E-state index is -0.0393. The number of anilines is 1. The summed E-state index contributed by atoms with van der Waals surface area (Å²) in [5.41, 5.74) is 9.12. The van der Waals surface area contributed by atoms with Crippen LogP contribution in [0.4, 0.5) is 5.00 Å². The highest BCUT2D eigenvalue weighted by atomic mass is 32.1. The monoisotopic (exact) mass is 300 g/mol. The molecule has 0 aliphatic heterocycles. The molecule has 1 atom stereocenters. The van der Waals surface area contributed by atoms with Gasteiger partial charge in [0.1, 0.15) is 0 Å². The van der Waals surface area contributed by atoms with E-state index in [4.69, 9.17) is 5.73 Å². The van der Waals surface area contributed by atoms with Gasteiger partial charge in [-0.05, 0) is 36.3 Å². The van der Waals surface area contributed by atoms with E-state index in [9.17, 15) is 4.79 Å². The van der Waals surface area contributed by atoms with Crippen molar-refractivity contribution < 1.29 is 4.79 Å². The second-order valence-electron chi connectivity index (χ2n) is 5.64. The van der Waals surface area contributed by atoms with Crippen LogP contribution in [-0.2, 0) is 13.0 Å². The fraction of sp³-hybridized carbons (Fsp3) is 0.353. The molecule has 0 bridgehead atoms. The number of carbonyl (C=O) groups excluding carboxylic acids is 1. The second kappa shape index (κ2) is 5.90.